The summed E-state index contributed by atoms with van der Waals surface area (Å²) in [6, 6.07) is 26.0. The van der Waals surface area contributed by atoms with E-state index in [-0.39, 0.29) is 0 Å². The van der Waals surface area contributed by atoms with Crippen molar-refractivity contribution in [1.82, 2.24) is 39.3 Å². The lowest BCUT2D eigenvalue weighted by molar-refractivity contribution is 0.666. The van der Waals surface area contributed by atoms with E-state index in [1.165, 1.54) is 0 Å². The van der Waals surface area contributed by atoms with E-state index < -0.39 is 11.2 Å². The number of aryl methyl sites for hydroxylation is 3. The van der Waals surface area contributed by atoms with Crippen LogP contribution in [0.5, 0.6) is 0 Å². The zero-order valence-electron chi connectivity index (χ0n) is 21.4. The Hall–Kier alpha value is -5.12. The van der Waals surface area contributed by atoms with Crippen LogP contribution < -0.4 is 11.2 Å². The fraction of sp³-hybridized carbons (Fsp3) is 0.172. The Morgan fingerprint density at radius 3 is 2.36 bits per heavy atom. The Morgan fingerprint density at radius 2 is 1.62 bits per heavy atom. The first-order chi connectivity index (χ1) is 19.1. The third kappa shape index (κ3) is 4.68. The van der Waals surface area contributed by atoms with Crippen LogP contribution in [0, 0.1) is 0 Å². The standard InChI is InChI=1S/C29H26N8O2/c1-2-25-31-27-26(28(38)32-29(39)35(27)17-16-20-8-4-3-5-9-20)36(25)18-21-12-14-22(15-13-21)23-10-6-7-11-24(23)37-19-30-33-34-37/h3-15,19H,2,16-18H2,1H3,(H,32,38,39). The van der Waals surface area contributed by atoms with Gasteiger partial charge in [0.25, 0.3) is 5.56 Å². The molecule has 0 unspecified atom stereocenters. The van der Waals surface area contributed by atoms with E-state index in [1.54, 1.807) is 15.6 Å². The molecule has 0 aliphatic rings. The van der Waals surface area contributed by atoms with Gasteiger partial charge in [0.15, 0.2) is 11.2 Å². The summed E-state index contributed by atoms with van der Waals surface area (Å²) in [7, 11) is 0. The molecular weight excluding hydrogens is 492 g/mol. The van der Waals surface area contributed by atoms with Crippen LogP contribution in [0.15, 0.2) is 94.8 Å². The zero-order chi connectivity index (χ0) is 26.8. The number of H-pyrrole nitrogens is 1. The molecular formula is C29H26N8O2. The Bertz CT molecular complexity index is 1850. The molecule has 0 radical (unpaired) electrons. The van der Waals surface area contributed by atoms with Gasteiger partial charge in [-0.25, -0.2) is 9.78 Å². The maximum Gasteiger partial charge on any atom is 0.330 e. The number of rotatable bonds is 8. The van der Waals surface area contributed by atoms with Gasteiger partial charge in [0.05, 0.1) is 5.69 Å². The van der Waals surface area contributed by atoms with Crippen LogP contribution in [-0.4, -0.2) is 39.3 Å². The van der Waals surface area contributed by atoms with Gasteiger partial charge in [-0.3, -0.25) is 14.3 Å². The summed E-state index contributed by atoms with van der Waals surface area (Å²) in [6.45, 7) is 2.87. The topological polar surface area (TPSA) is 116 Å². The number of nitrogens with zero attached hydrogens (tertiary/aromatic N) is 7. The van der Waals surface area contributed by atoms with Crippen molar-refractivity contribution in [2.45, 2.75) is 32.9 Å². The number of hydrogen-bond donors (Lipinski definition) is 1. The lowest BCUT2D eigenvalue weighted by Crippen LogP contribution is -2.31. The number of imidazole rings is 1. The molecule has 3 aromatic heterocycles. The number of aromatic amines is 1. The van der Waals surface area contributed by atoms with Gasteiger partial charge in [0, 0.05) is 25.1 Å². The van der Waals surface area contributed by atoms with E-state index in [2.05, 4.69) is 20.5 Å². The fourth-order valence-corrected chi connectivity index (χ4v) is 4.91. The summed E-state index contributed by atoms with van der Waals surface area (Å²) in [5.74, 6) is 0.752. The van der Waals surface area contributed by atoms with Crippen LogP contribution in [-0.2, 0) is 25.9 Å². The molecule has 0 saturated heterocycles. The minimum atomic E-state index is -0.443. The van der Waals surface area contributed by atoms with E-state index in [0.717, 1.165) is 33.8 Å². The highest BCUT2D eigenvalue weighted by Gasteiger charge is 2.18. The summed E-state index contributed by atoms with van der Waals surface area (Å²) in [5.41, 5.74) is 4.97. The molecule has 1 N–H and O–H groups in total. The van der Waals surface area contributed by atoms with Crippen molar-refractivity contribution in [3.8, 4) is 16.8 Å². The number of tetrazole rings is 1. The fourth-order valence-electron chi connectivity index (χ4n) is 4.91. The van der Waals surface area contributed by atoms with Crippen molar-refractivity contribution in [3.63, 3.8) is 0 Å². The van der Waals surface area contributed by atoms with Crippen molar-refractivity contribution in [3.05, 3.63) is 123 Å². The van der Waals surface area contributed by atoms with E-state index >= 15 is 0 Å². The maximum atomic E-state index is 13.0. The van der Waals surface area contributed by atoms with Crippen LogP contribution in [0.25, 0.3) is 28.0 Å². The number of hydrogen-bond acceptors (Lipinski definition) is 6. The molecule has 0 spiro atoms. The second-order valence-electron chi connectivity index (χ2n) is 9.25. The minimum absolute atomic E-state index is 0.410. The monoisotopic (exact) mass is 518 g/mol. The van der Waals surface area contributed by atoms with Crippen LogP contribution >= 0.6 is 0 Å². The van der Waals surface area contributed by atoms with Crippen LogP contribution in [0.3, 0.4) is 0 Å². The van der Waals surface area contributed by atoms with Crippen LogP contribution in [0.1, 0.15) is 23.9 Å². The molecule has 194 valence electrons. The smallest absolute Gasteiger partial charge is 0.318 e. The molecule has 10 nitrogen and oxygen atoms in total. The first-order valence-electron chi connectivity index (χ1n) is 12.8. The van der Waals surface area contributed by atoms with E-state index in [0.29, 0.717) is 37.1 Å². The first-order valence-corrected chi connectivity index (χ1v) is 12.8. The van der Waals surface area contributed by atoms with Gasteiger partial charge in [-0.1, -0.05) is 79.7 Å². The summed E-state index contributed by atoms with van der Waals surface area (Å²) >= 11 is 0. The van der Waals surface area contributed by atoms with E-state index in [4.69, 9.17) is 4.98 Å². The molecule has 0 amide bonds. The van der Waals surface area contributed by atoms with Crippen molar-refractivity contribution in [1.29, 1.82) is 0 Å². The van der Waals surface area contributed by atoms with Crippen molar-refractivity contribution in [2.24, 2.45) is 0 Å². The second-order valence-corrected chi connectivity index (χ2v) is 9.25. The zero-order valence-corrected chi connectivity index (χ0v) is 21.4. The van der Waals surface area contributed by atoms with E-state index in [1.807, 2.05) is 90.4 Å². The quantitative estimate of drug-likeness (QED) is 0.330. The van der Waals surface area contributed by atoms with Gasteiger partial charge in [-0.05, 0) is 39.6 Å². The van der Waals surface area contributed by atoms with Crippen LogP contribution in [0.2, 0.25) is 0 Å². The molecule has 0 fully saturated rings. The van der Waals surface area contributed by atoms with Gasteiger partial charge in [-0.2, -0.15) is 4.68 Å². The van der Waals surface area contributed by atoms with Gasteiger partial charge < -0.3 is 4.57 Å². The number of benzene rings is 3. The molecule has 0 atom stereocenters. The van der Waals surface area contributed by atoms with Gasteiger partial charge in [0.1, 0.15) is 12.2 Å². The average Bonchev–Trinajstić information content (AvgIpc) is 3.63. The Morgan fingerprint density at radius 1 is 0.846 bits per heavy atom. The first kappa shape index (κ1) is 24.2. The highest BCUT2D eigenvalue weighted by Crippen LogP contribution is 2.27. The van der Waals surface area contributed by atoms with Gasteiger partial charge >= 0.3 is 5.69 Å². The largest absolute Gasteiger partial charge is 0.330 e. The lowest BCUT2D eigenvalue weighted by Gasteiger charge is -2.11. The number of para-hydroxylation sites is 1. The molecule has 0 aliphatic heterocycles. The molecule has 10 heteroatoms. The SMILES string of the molecule is CCc1nc2c(c(=O)[nH]c(=O)n2CCc2ccccc2)n1Cc1ccc(-c2ccccc2-n2cnnn2)cc1. The van der Waals surface area contributed by atoms with Crippen LogP contribution in [0.4, 0.5) is 0 Å². The normalized spacial score (nSPS) is 11.3. The van der Waals surface area contributed by atoms with Crippen molar-refractivity contribution < 1.29 is 0 Å². The number of aromatic nitrogens is 8. The summed E-state index contributed by atoms with van der Waals surface area (Å²) in [6.07, 6.45) is 2.85. The lowest BCUT2D eigenvalue weighted by atomic mass is 10.0. The van der Waals surface area contributed by atoms with Gasteiger partial charge in [-0.15, -0.1) is 5.10 Å². The molecule has 6 rings (SSSR count). The molecule has 0 saturated carbocycles. The summed E-state index contributed by atoms with van der Waals surface area (Å²) in [4.78, 5) is 33.0. The number of nitrogens with one attached hydrogen (secondary N) is 1. The van der Waals surface area contributed by atoms with E-state index in [9.17, 15) is 9.59 Å². The highest BCUT2D eigenvalue weighted by atomic mass is 16.2. The highest BCUT2D eigenvalue weighted by molar-refractivity contribution is 5.73. The molecule has 3 aromatic carbocycles. The Balaban J connectivity index is 1.34. The summed E-state index contributed by atoms with van der Waals surface area (Å²) in [5, 5.41) is 11.5. The Kier molecular flexibility index (Phi) is 6.42. The predicted molar refractivity (Wildman–Crippen MR) is 148 cm³/mol. The molecule has 0 bridgehead atoms. The third-order valence-electron chi connectivity index (χ3n) is 6.85. The maximum absolute atomic E-state index is 13.0. The van der Waals surface area contributed by atoms with Crippen molar-refractivity contribution in [2.75, 3.05) is 0 Å². The van der Waals surface area contributed by atoms with Gasteiger partial charge in [0.2, 0.25) is 0 Å². The minimum Gasteiger partial charge on any atom is -0.318 e. The Labute approximate surface area is 223 Å². The predicted octanol–water partition coefficient (Wildman–Crippen LogP) is 3.38. The molecule has 6 aromatic rings. The molecule has 39 heavy (non-hydrogen) atoms. The van der Waals surface area contributed by atoms with Crippen molar-refractivity contribution >= 4 is 11.2 Å². The summed E-state index contributed by atoms with van der Waals surface area (Å²) < 4.78 is 5.12. The third-order valence-corrected chi connectivity index (χ3v) is 6.85. The second kappa shape index (κ2) is 10.3. The average molecular weight is 519 g/mol. The molecule has 3 heterocycles. The number of fused-ring (bicyclic) bond motifs is 1. The molecule has 0 aliphatic carbocycles.